The summed E-state index contributed by atoms with van der Waals surface area (Å²) in [6, 6.07) is 17.4. The standard InChI is InChI=1S/C25H30N2O2/c28-24-15-13-22(14-16-24)23-18-26-25(27-19-23)12-8-3-1-2-4-9-17-29-20-21-10-6-5-7-11-21/h5-7,10-11,13-16,18-19,28H,1-4,8-9,12,17,20H2. The molecule has 0 aliphatic heterocycles. The van der Waals surface area contributed by atoms with Gasteiger partial charge in [0.25, 0.3) is 0 Å². The maximum absolute atomic E-state index is 9.37. The van der Waals surface area contributed by atoms with Crippen molar-refractivity contribution in [2.45, 2.75) is 51.6 Å². The Morgan fingerprint density at radius 2 is 1.34 bits per heavy atom. The molecule has 0 atom stereocenters. The Morgan fingerprint density at radius 3 is 2.07 bits per heavy atom. The molecule has 1 aromatic heterocycles. The van der Waals surface area contributed by atoms with Gasteiger partial charge in [-0.1, -0.05) is 68.1 Å². The summed E-state index contributed by atoms with van der Waals surface area (Å²) in [5.41, 5.74) is 3.23. The predicted octanol–water partition coefficient (Wildman–Crippen LogP) is 5.95. The van der Waals surface area contributed by atoms with Crippen LogP contribution >= 0.6 is 0 Å². The molecule has 4 nitrogen and oxygen atoms in total. The summed E-state index contributed by atoms with van der Waals surface area (Å²) in [6.07, 6.45) is 11.9. The van der Waals surface area contributed by atoms with Gasteiger partial charge in [0, 0.05) is 31.0 Å². The molecule has 0 amide bonds. The van der Waals surface area contributed by atoms with E-state index < -0.39 is 0 Å². The van der Waals surface area contributed by atoms with Crippen molar-refractivity contribution in [3.63, 3.8) is 0 Å². The molecule has 3 aromatic rings. The molecular formula is C25H30N2O2. The van der Waals surface area contributed by atoms with E-state index in [0.29, 0.717) is 6.61 Å². The lowest BCUT2D eigenvalue weighted by Crippen LogP contribution is -1.96. The molecule has 2 aromatic carbocycles. The third kappa shape index (κ3) is 7.66. The van der Waals surface area contributed by atoms with Gasteiger partial charge in [0.05, 0.1) is 6.61 Å². The lowest BCUT2D eigenvalue weighted by atomic mass is 10.1. The van der Waals surface area contributed by atoms with Crippen molar-refractivity contribution in [3.05, 3.63) is 78.4 Å². The van der Waals surface area contributed by atoms with Crippen LogP contribution in [0.25, 0.3) is 11.1 Å². The summed E-state index contributed by atoms with van der Waals surface area (Å²) < 4.78 is 5.72. The molecule has 0 unspecified atom stereocenters. The zero-order valence-corrected chi connectivity index (χ0v) is 17.0. The number of ether oxygens (including phenoxy) is 1. The predicted molar refractivity (Wildman–Crippen MR) is 117 cm³/mol. The first kappa shape index (κ1) is 21.0. The van der Waals surface area contributed by atoms with E-state index in [4.69, 9.17) is 4.74 Å². The van der Waals surface area contributed by atoms with Crippen LogP contribution in [0.2, 0.25) is 0 Å². The van der Waals surface area contributed by atoms with E-state index in [1.807, 2.05) is 42.7 Å². The second-order valence-corrected chi connectivity index (χ2v) is 7.34. The van der Waals surface area contributed by atoms with Crippen LogP contribution in [0.3, 0.4) is 0 Å². The van der Waals surface area contributed by atoms with Crippen LogP contribution in [0, 0.1) is 0 Å². The van der Waals surface area contributed by atoms with Crippen LogP contribution in [-0.4, -0.2) is 21.7 Å². The fourth-order valence-electron chi connectivity index (χ4n) is 3.25. The first-order chi connectivity index (χ1) is 14.3. The Labute approximate surface area is 173 Å². The van der Waals surface area contributed by atoms with Gasteiger partial charge in [-0.25, -0.2) is 9.97 Å². The minimum Gasteiger partial charge on any atom is -0.508 e. The molecule has 0 bridgehead atoms. The molecule has 3 rings (SSSR count). The van der Waals surface area contributed by atoms with Crippen LogP contribution in [0.1, 0.15) is 49.9 Å². The molecular weight excluding hydrogens is 360 g/mol. The van der Waals surface area contributed by atoms with Crippen LogP contribution in [0.15, 0.2) is 67.0 Å². The minimum absolute atomic E-state index is 0.269. The SMILES string of the molecule is Oc1ccc(-c2cnc(CCCCCCCCOCc3ccccc3)nc2)cc1. The first-order valence-corrected chi connectivity index (χ1v) is 10.5. The Kier molecular flexibility index (Phi) is 8.67. The van der Waals surface area contributed by atoms with Crippen molar-refractivity contribution in [2.24, 2.45) is 0 Å². The number of hydrogen-bond acceptors (Lipinski definition) is 4. The molecule has 4 heteroatoms. The first-order valence-electron chi connectivity index (χ1n) is 10.5. The number of unbranched alkanes of at least 4 members (excludes halogenated alkanes) is 5. The second-order valence-electron chi connectivity index (χ2n) is 7.34. The summed E-state index contributed by atoms with van der Waals surface area (Å²) in [5, 5.41) is 9.37. The highest BCUT2D eigenvalue weighted by atomic mass is 16.5. The number of phenolic OH excluding ortho intramolecular Hbond substituents is 1. The van der Waals surface area contributed by atoms with Crippen molar-refractivity contribution < 1.29 is 9.84 Å². The Morgan fingerprint density at radius 1 is 0.690 bits per heavy atom. The monoisotopic (exact) mass is 390 g/mol. The fourth-order valence-corrected chi connectivity index (χ4v) is 3.25. The summed E-state index contributed by atoms with van der Waals surface area (Å²) in [5.74, 6) is 1.17. The summed E-state index contributed by atoms with van der Waals surface area (Å²) in [4.78, 5) is 8.96. The molecule has 0 radical (unpaired) electrons. The van der Waals surface area contributed by atoms with Gasteiger partial charge in [-0.2, -0.15) is 0 Å². The molecule has 0 aliphatic rings. The molecule has 1 heterocycles. The van der Waals surface area contributed by atoms with Gasteiger partial charge in [-0.15, -0.1) is 0 Å². The van der Waals surface area contributed by atoms with Gasteiger partial charge in [0.15, 0.2) is 0 Å². The van der Waals surface area contributed by atoms with Crippen molar-refractivity contribution in [1.29, 1.82) is 0 Å². The van der Waals surface area contributed by atoms with E-state index in [1.165, 1.54) is 31.2 Å². The van der Waals surface area contributed by atoms with Gasteiger partial charge in [0.2, 0.25) is 0 Å². The largest absolute Gasteiger partial charge is 0.508 e. The van der Waals surface area contributed by atoms with Gasteiger partial charge in [-0.3, -0.25) is 0 Å². The number of aryl methyl sites for hydroxylation is 1. The van der Waals surface area contributed by atoms with Gasteiger partial charge >= 0.3 is 0 Å². The normalized spacial score (nSPS) is 10.9. The highest BCUT2D eigenvalue weighted by Crippen LogP contribution is 2.20. The van der Waals surface area contributed by atoms with E-state index in [0.717, 1.165) is 42.8 Å². The third-order valence-electron chi connectivity index (χ3n) is 4.96. The zero-order valence-electron chi connectivity index (χ0n) is 17.0. The maximum atomic E-state index is 9.37. The van der Waals surface area contributed by atoms with Crippen LogP contribution in [-0.2, 0) is 17.8 Å². The Bertz CT molecular complexity index is 818. The quantitative estimate of drug-likeness (QED) is 0.388. The topological polar surface area (TPSA) is 55.2 Å². The average Bonchev–Trinajstić information content (AvgIpc) is 2.77. The Hall–Kier alpha value is -2.72. The summed E-state index contributed by atoms with van der Waals surface area (Å²) in [7, 11) is 0. The van der Waals surface area contributed by atoms with Crippen LogP contribution in [0.4, 0.5) is 0 Å². The third-order valence-corrected chi connectivity index (χ3v) is 4.96. The maximum Gasteiger partial charge on any atom is 0.128 e. The average molecular weight is 391 g/mol. The van der Waals surface area contributed by atoms with Crippen molar-refractivity contribution in [2.75, 3.05) is 6.61 Å². The number of hydrogen-bond donors (Lipinski definition) is 1. The number of phenols is 1. The van der Waals surface area contributed by atoms with E-state index in [2.05, 4.69) is 22.1 Å². The lowest BCUT2D eigenvalue weighted by molar-refractivity contribution is 0.116. The van der Waals surface area contributed by atoms with E-state index >= 15 is 0 Å². The molecule has 1 N–H and O–H groups in total. The van der Waals surface area contributed by atoms with E-state index in [9.17, 15) is 5.11 Å². The van der Waals surface area contributed by atoms with Crippen molar-refractivity contribution in [3.8, 4) is 16.9 Å². The molecule has 152 valence electrons. The number of nitrogens with zero attached hydrogens (tertiary/aromatic N) is 2. The van der Waals surface area contributed by atoms with Crippen LogP contribution in [0.5, 0.6) is 5.75 Å². The Balaban J connectivity index is 1.21. The lowest BCUT2D eigenvalue weighted by Gasteiger charge is -2.05. The van der Waals surface area contributed by atoms with E-state index in [-0.39, 0.29) is 5.75 Å². The minimum atomic E-state index is 0.269. The summed E-state index contributed by atoms with van der Waals surface area (Å²) >= 11 is 0. The van der Waals surface area contributed by atoms with Gasteiger partial charge < -0.3 is 9.84 Å². The van der Waals surface area contributed by atoms with Gasteiger partial charge in [0.1, 0.15) is 11.6 Å². The number of aromatic nitrogens is 2. The number of rotatable bonds is 12. The van der Waals surface area contributed by atoms with Gasteiger partial charge in [-0.05, 0) is 36.1 Å². The molecule has 0 saturated heterocycles. The van der Waals surface area contributed by atoms with Crippen molar-refractivity contribution in [1.82, 2.24) is 9.97 Å². The second kappa shape index (κ2) is 12.0. The molecule has 0 aliphatic carbocycles. The van der Waals surface area contributed by atoms with Crippen LogP contribution < -0.4 is 0 Å². The van der Waals surface area contributed by atoms with Crippen molar-refractivity contribution >= 4 is 0 Å². The fraction of sp³-hybridized carbons (Fsp3) is 0.360. The highest BCUT2D eigenvalue weighted by Gasteiger charge is 2.01. The molecule has 0 spiro atoms. The molecule has 0 saturated carbocycles. The van der Waals surface area contributed by atoms with E-state index in [1.54, 1.807) is 12.1 Å². The zero-order chi connectivity index (χ0) is 20.2. The number of aromatic hydroxyl groups is 1. The summed E-state index contributed by atoms with van der Waals surface area (Å²) in [6.45, 7) is 1.56. The molecule has 0 fully saturated rings. The smallest absolute Gasteiger partial charge is 0.128 e. The number of benzene rings is 2. The molecule has 29 heavy (non-hydrogen) atoms. The highest BCUT2D eigenvalue weighted by molar-refractivity contribution is 5.62.